The van der Waals surface area contributed by atoms with E-state index in [0.717, 1.165) is 4.90 Å². The molecule has 0 saturated heterocycles. The Balaban J connectivity index is 2.11. The Hall–Kier alpha value is -1.04. The van der Waals surface area contributed by atoms with Crippen LogP contribution in [-0.2, 0) is 0 Å². The van der Waals surface area contributed by atoms with Gasteiger partial charge >= 0.3 is 6.18 Å². The highest BCUT2D eigenvalue weighted by atomic mass is 32.1. The predicted molar refractivity (Wildman–Crippen MR) is 54.4 cm³/mol. The first-order valence-electron chi connectivity index (χ1n) is 4.88. The smallest absolute Gasteiger partial charge is 0.326 e. The number of carbonyl (C=O) groups excluding carboxylic acids is 1. The van der Waals surface area contributed by atoms with Gasteiger partial charge in [0.1, 0.15) is 6.54 Å². The average molecular weight is 249 g/mol. The summed E-state index contributed by atoms with van der Waals surface area (Å²) < 4.78 is 36.9. The second kappa shape index (κ2) is 4.08. The molecule has 2 nitrogen and oxygen atoms in total. The summed E-state index contributed by atoms with van der Waals surface area (Å²) in [5.74, 6) is -0.505. The van der Waals surface area contributed by atoms with Crippen LogP contribution in [0.25, 0.3) is 0 Å². The second-order valence-electron chi connectivity index (χ2n) is 3.76. The molecule has 1 fully saturated rings. The normalized spacial score (nSPS) is 16.2. The van der Waals surface area contributed by atoms with E-state index >= 15 is 0 Å². The Morgan fingerprint density at radius 2 is 2.19 bits per heavy atom. The summed E-state index contributed by atoms with van der Waals surface area (Å²) in [7, 11) is 0. The van der Waals surface area contributed by atoms with E-state index < -0.39 is 18.6 Å². The summed E-state index contributed by atoms with van der Waals surface area (Å²) in [5.41, 5.74) is 0. The lowest BCUT2D eigenvalue weighted by molar-refractivity contribution is -0.141. The Kier molecular flexibility index (Phi) is 2.92. The first-order chi connectivity index (χ1) is 7.47. The highest BCUT2D eigenvalue weighted by Crippen LogP contribution is 2.31. The van der Waals surface area contributed by atoms with E-state index in [1.807, 2.05) is 0 Å². The average Bonchev–Trinajstić information content (AvgIpc) is 2.87. The van der Waals surface area contributed by atoms with Crippen molar-refractivity contribution in [3.8, 4) is 0 Å². The lowest BCUT2D eigenvalue weighted by Gasteiger charge is -2.23. The molecule has 1 aliphatic carbocycles. The Bertz CT molecular complexity index is 370. The largest absolute Gasteiger partial charge is 0.406 e. The molecule has 1 aliphatic rings. The number of amides is 1. The van der Waals surface area contributed by atoms with Gasteiger partial charge in [-0.25, -0.2) is 0 Å². The quantitative estimate of drug-likeness (QED) is 0.806. The van der Waals surface area contributed by atoms with Gasteiger partial charge < -0.3 is 4.90 Å². The minimum atomic E-state index is -4.32. The van der Waals surface area contributed by atoms with Crippen molar-refractivity contribution in [3.05, 3.63) is 22.4 Å². The van der Waals surface area contributed by atoms with Crippen molar-refractivity contribution in [2.45, 2.75) is 25.1 Å². The molecule has 1 heterocycles. The molecule has 1 amide bonds. The third-order valence-corrected chi connectivity index (χ3v) is 3.19. The van der Waals surface area contributed by atoms with Crippen molar-refractivity contribution < 1.29 is 18.0 Å². The van der Waals surface area contributed by atoms with Gasteiger partial charge in [0.05, 0.1) is 4.88 Å². The molecule has 1 saturated carbocycles. The summed E-state index contributed by atoms with van der Waals surface area (Å²) in [6, 6.07) is 2.99. The molecule has 0 N–H and O–H groups in total. The van der Waals surface area contributed by atoms with Crippen LogP contribution >= 0.6 is 11.3 Å². The predicted octanol–water partition coefficient (Wildman–Crippen LogP) is 2.92. The number of halogens is 3. The lowest BCUT2D eigenvalue weighted by Crippen LogP contribution is -2.40. The van der Waals surface area contributed by atoms with Crippen LogP contribution in [0.15, 0.2) is 17.5 Å². The van der Waals surface area contributed by atoms with Crippen LogP contribution in [0, 0.1) is 0 Å². The number of hydrogen-bond acceptors (Lipinski definition) is 2. The molecule has 0 aliphatic heterocycles. The molecule has 16 heavy (non-hydrogen) atoms. The Morgan fingerprint density at radius 3 is 2.62 bits per heavy atom. The fraction of sp³-hybridized carbons (Fsp3) is 0.500. The molecule has 88 valence electrons. The van der Waals surface area contributed by atoms with Crippen LogP contribution in [-0.4, -0.2) is 29.6 Å². The summed E-state index contributed by atoms with van der Waals surface area (Å²) in [6.07, 6.45) is -2.98. The highest BCUT2D eigenvalue weighted by molar-refractivity contribution is 7.12. The van der Waals surface area contributed by atoms with Crippen LogP contribution in [0.4, 0.5) is 13.2 Å². The number of hydrogen-bond donors (Lipinski definition) is 0. The summed E-state index contributed by atoms with van der Waals surface area (Å²) in [6.45, 7) is -1.14. The SMILES string of the molecule is O=C(c1cccs1)N(CC(F)(F)F)C1CC1. The Morgan fingerprint density at radius 1 is 1.50 bits per heavy atom. The van der Waals surface area contributed by atoms with Crippen molar-refractivity contribution in [2.75, 3.05) is 6.54 Å². The van der Waals surface area contributed by atoms with Crippen molar-refractivity contribution in [2.24, 2.45) is 0 Å². The maximum absolute atomic E-state index is 12.3. The molecule has 2 rings (SSSR count). The van der Waals surface area contributed by atoms with Crippen LogP contribution in [0.5, 0.6) is 0 Å². The van der Waals surface area contributed by atoms with Crippen molar-refractivity contribution >= 4 is 17.2 Å². The van der Waals surface area contributed by atoms with Gasteiger partial charge in [0, 0.05) is 6.04 Å². The van der Waals surface area contributed by atoms with E-state index in [2.05, 4.69) is 0 Å². The van der Waals surface area contributed by atoms with Crippen molar-refractivity contribution in [1.29, 1.82) is 0 Å². The summed E-state index contributed by atoms with van der Waals surface area (Å²) in [4.78, 5) is 13.1. The van der Waals surface area contributed by atoms with E-state index in [4.69, 9.17) is 0 Å². The maximum atomic E-state index is 12.3. The third kappa shape index (κ3) is 2.75. The summed E-state index contributed by atoms with van der Waals surface area (Å²) in [5, 5.41) is 1.69. The van der Waals surface area contributed by atoms with Crippen molar-refractivity contribution in [1.82, 2.24) is 4.90 Å². The molecule has 0 aromatic carbocycles. The number of carbonyl (C=O) groups is 1. The van der Waals surface area contributed by atoms with Gasteiger partial charge in [0.25, 0.3) is 5.91 Å². The molecule has 0 spiro atoms. The molecule has 6 heteroatoms. The standard InChI is InChI=1S/C10H10F3NOS/c11-10(12,13)6-14(7-3-4-7)9(15)8-2-1-5-16-8/h1-2,5,7H,3-4,6H2. The van der Waals surface area contributed by atoms with Gasteiger partial charge in [-0.2, -0.15) is 13.2 Å². The fourth-order valence-corrected chi connectivity index (χ4v) is 2.17. The van der Waals surface area contributed by atoms with Gasteiger partial charge in [0.15, 0.2) is 0 Å². The molecular formula is C10H10F3NOS. The van der Waals surface area contributed by atoms with Gasteiger partial charge in [0.2, 0.25) is 0 Å². The van der Waals surface area contributed by atoms with Gasteiger partial charge in [-0.1, -0.05) is 6.07 Å². The van der Waals surface area contributed by atoms with Crippen LogP contribution < -0.4 is 0 Å². The lowest BCUT2D eigenvalue weighted by atomic mass is 10.3. The molecule has 0 unspecified atom stereocenters. The Labute approximate surface area is 94.7 Å². The van der Waals surface area contributed by atoms with Crippen LogP contribution in [0.3, 0.4) is 0 Å². The molecule has 0 atom stereocenters. The minimum Gasteiger partial charge on any atom is -0.326 e. The number of thiophene rings is 1. The monoisotopic (exact) mass is 249 g/mol. The van der Waals surface area contributed by atoms with E-state index in [1.54, 1.807) is 17.5 Å². The van der Waals surface area contributed by atoms with Gasteiger partial charge in [-0.15, -0.1) is 11.3 Å². The second-order valence-corrected chi connectivity index (χ2v) is 4.70. The molecular weight excluding hydrogens is 239 g/mol. The van der Waals surface area contributed by atoms with E-state index in [9.17, 15) is 18.0 Å². The number of alkyl halides is 3. The third-order valence-electron chi connectivity index (χ3n) is 2.33. The van der Waals surface area contributed by atoms with E-state index in [-0.39, 0.29) is 6.04 Å². The van der Waals surface area contributed by atoms with Crippen molar-refractivity contribution in [3.63, 3.8) is 0 Å². The van der Waals surface area contributed by atoms with E-state index in [1.165, 1.54) is 11.3 Å². The molecule has 0 bridgehead atoms. The van der Waals surface area contributed by atoms with Gasteiger partial charge in [-0.3, -0.25) is 4.79 Å². The zero-order valence-electron chi connectivity index (χ0n) is 8.33. The molecule has 1 aromatic rings. The number of rotatable bonds is 3. The first kappa shape index (κ1) is 11.4. The number of nitrogens with zero attached hydrogens (tertiary/aromatic N) is 1. The van der Waals surface area contributed by atoms with Crippen LogP contribution in [0.1, 0.15) is 22.5 Å². The zero-order chi connectivity index (χ0) is 11.8. The van der Waals surface area contributed by atoms with Gasteiger partial charge in [-0.05, 0) is 24.3 Å². The topological polar surface area (TPSA) is 20.3 Å². The van der Waals surface area contributed by atoms with Crippen LogP contribution in [0.2, 0.25) is 0 Å². The van der Waals surface area contributed by atoms with E-state index in [0.29, 0.717) is 17.7 Å². The zero-order valence-corrected chi connectivity index (χ0v) is 9.14. The highest BCUT2D eigenvalue weighted by Gasteiger charge is 2.41. The first-order valence-corrected chi connectivity index (χ1v) is 5.76. The minimum absolute atomic E-state index is 0.226. The molecule has 0 radical (unpaired) electrons. The summed E-state index contributed by atoms with van der Waals surface area (Å²) >= 11 is 1.17. The maximum Gasteiger partial charge on any atom is 0.406 e. The fourth-order valence-electron chi connectivity index (χ4n) is 1.49. The molecule has 1 aromatic heterocycles.